The van der Waals surface area contributed by atoms with Crippen molar-refractivity contribution >= 4 is 34.6 Å². The van der Waals surface area contributed by atoms with E-state index in [1.54, 1.807) is 23.6 Å². The molecule has 0 unspecified atom stereocenters. The molecule has 1 aliphatic heterocycles. The van der Waals surface area contributed by atoms with Crippen molar-refractivity contribution in [2.75, 3.05) is 18.1 Å². The fraction of sp³-hybridized carbons (Fsp3) is 0.280. The van der Waals surface area contributed by atoms with Crippen molar-refractivity contribution in [3.05, 3.63) is 69.9 Å². The fourth-order valence-corrected chi connectivity index (χ4v) is 4.10. The summed E-state index contributed by atoms with van der Waals surface area (Å²) >= 11 is 1.28. The number of anilines is 1. The lowest BCUT2D eigenvalue weighted by atomic mass is 10.1. The highest BCUT2D eigenvalue weighted by molar-refractivity contribution is 7.09. The summed E-state index contributed by atoms with van der Waals surface area (Å²) in [7, 11) is 0. The van der Waals surface area contributed by atoms with E-state index in [9.17, 15) is 18.8 Å². The van der Waals surface area contributed by atoms with Crippen molar-refractivity contribution in [1.29, 1.82) is 0 Å². The zero-order valence-corrected chi connectivity index (χ0v) is 20.1. The first-order valence-corrected chi connectivity index (χ1v) is 12.0. The van der Waals surface area contributed by atoms with Gasteiger partial charge in [0.1, 0.15) is 28.0 Å². The molecule has 0 spiro atoms. The third-order valence-corrected chi connectivity index (χ3v) is 6.31. The number of carbonyl (C=O) groups is 3. The predicted molar refractivity (Wildman–Crippen MR) is 129 cm³/mol. The summed E-state index contributed by atoms with van der Waals surface area (Å²) in [4.78, 5) is 43.6. The number of ketones is 1. The Morgan fingerprint density at radius 1 is 1.26 bits per heavy atom. The van der Waals surface area contributed by atoms with Gasteiger partial charge in [0, 0.05) is 17.0 Å². The summed E-state index contributed by atoms with van der Waals surface area (Å²) < 4.78 is 24.0. The van der Waals surface area contributed by atoms with Crippen molar-refractivity contribution in [3.8, 4) is 11.5 Å². The smallest absolute Gasteiger partial charge is 0.270 e. The summed E-state index contributed by atoms with van der Waals surface area (Å²) in [6.07, 6.45) is 0.803. The Balaban J connectivity index is 1.48. The molecule has 0 bridgehead atoms. The average Bonchev–Trinajstić information content (AvgIpc) is 3.33. The van der Waals surface area contributed by atoms with Crippen LogP contribution in [-0.2, 0) is 11.3 Å². The Bertz CT molecular complexity index is 1240. The van der Waals surface area contributed by atoms with Crippen LogP contribution in [0.3, 0.4) is 0 Å². The number of nitrogens with zero attached hydrogens (tertiary/aromatic N) is 2. The second-order valence-electron chi connectivity index (χ2n) is 8.03. The molecule has 182 valence electrons. The van der Waals surface area contributed by atoms with Crippen LogP contribution in [0.5, 0.6) is 11.5 Å². The van der Waals surface area contributed by atoms with Gasteiger partial charge in [0.2, 0.25) is 0 Å². The number of aromatic nitrogens is 1. The fourth-order valence-electron chi connectivity index (χ4n) is 3.33. The maximum absolute atomic E-state index is 13.1. The number of halogens is 1. The number of ether oxygens (including phenoxy) is 2. The van der Waals surface area contributed by atoms with E-state index in [1.807, 2.05) is 13.8 Å². The average molecular weight is 498 g/mol. The number of Topliss-reactive ketones (excluding diaryl/α,β-unsaturated/α-hetero) is 1. The van der Waals surface area contributed by atoms with Crippen LogP contribution in [0, 0.1) is 5.82 Å². The van der Waals surface area contributed by atoms with E-state index < -0.39 is 5.82 Å². The van der Waals surface area contributed by atoms with Crippen LogP contribution in [0.15, 0.2) is 47.8 Å². The first-order chi connectivity index (χ1) is 16.8. The molecule has 2 aromatic carbocycles. The van der Waals surface area contributed by atoms with Gasteiger partial charge < -0.3 is 14.8 Å². The van der Waals surface area contributed by atoms with Crippen molar-refractivity contribution < 1.29 is 28.2 Å². The molecule has 35 heavy (non-hydrogen) atoms. The Hall–Kier alpha value is -3.79. The van der Waals surface area contributed by atoms with Gasteiger partial charge in [-0.05, 0) is 55.8 Å². The second-order valence-corrected chi connectivity index (χ2v) is 8.97. The van der Waals surface area contributed by atoms with Gasteiger partial charge in [0.15, 0.2) is 19.0 Å². The SMILES string of the molecule is CC[C@H](C)NC(=O)c1csc(CN2C(=O)COc3ccc(C(=O)COc4ccc(F)cc4)cc32)n1. The van der Waals surface area contributed by atoms with E-state index in [2.05, 4.69) is 10.3 Å². The van der Waals surface area contributed by atoms with Gasteiger partial charge in [-0.2, -0.15) is 0 Å². The molecule has 0 saturated carbocycles. The molecule has 10 heteroatoms. The molecule has 1 aromatic heterocycles. The van der Waals surface area contributed by atoms with E-state index in [4.69, 9.17) is 9.47 Å². The van der Waals surface area contributed by atoms with Gasteiger partial charge in [0.25, 0.3) is 11.8 Å². The van der Waals surface area contributed by atoms with Crippen molar-refractivity contribution in [2.45, 2.75) is 32.9 Å². The number of hydrogen-bond donors (Lipinski definition) is 1. The predicted octanol–water partition coefficient (Wildman–Crippen LogP) is 4.00. The molecule has 0 saturated heterocycles. The minimum absolute atomic E-state index is 0.0309. The Labute approximate surface area is 205 Å². The third-order valence-electron chi connectivity index (χ3n) is 5.48. The summed E-state index contributed by atoms with van der Waals surface area (Å²) in [6, 6.07) is 10.2. The van der Waals surface area contributed by atoms with Crippen LogP contribution in [0.4, 0.5) is 10.1 Å². The quantitative estimate of drug-likeness (QED) is 0.449. The molecule has 3 aromatic rings. The molecule has 2 amide bonds. The third kappa shape index (κ3) is 5.83. The zero-order valence-electron chi connectivity index (χ0n) is 19.2. The Morgan fingerprint density at radius 2 is 2.03 bits per heavy atom. The normalized spacial score (nSPS) is 13.6. The molecule has 1 atom stereocenters. The highest BCUT2D eigenvalue weighted by atomic mass is 32.1. The monoisotopic (exact) mass is 497 g/mol. The first kappa shape index (κ1) is 24.3. The number of carbonyl (C=O) groups excluding carboxylic acids is 3. The molecule has 2 heterocycles. The second kappa shape index (κ2) is 10.6. The summed E-state index contributed by atoms with van der Waals surface area (Å²) in [5.41, 5.74) is 1.07. The molecular formula is C25H24FN3O5S. The van der Waals surface area contributed by atoms with Crippen LogP contribution in [0.25, 0.3) is 0 Å². The minimum atomic E-state index is -0.397. The number of benzene rings is 2. The van der Waals surface area contributed by atoms with E-state index in [0.29, 0.717) is 33.5 Å². The summed E-state index contributed by atoms with van der Waals surface area (Å²) in [5.74, 6) is -0.420. The number of rotatable bonds is 9. The van der Waals surface area contributed by atoms with Crippen molar-refractivity contribution in [1.82, 2.24) is 10.3 Å². The molecular weight excluding hydrogens is 473 g/mol. The van der Waals surface area contributed by atoms with Crippen LogP contribution in [-0.4, -0.2) is 41.8 Å². The number of thiazole rings is 1. The molecule has 0 radical (unpaired) electrons. The van der Waals surface area contributed by atoms with E-state index in [1.165, 1.54) is 40.5 Å². The molecule has 1 N–H and O–H groups in total. The Kier molecular flexibility index (Phi) is 7.40. The number of nitrogens with one attached hydrogen (secondary N) is 1. The first-order valence-electron chi connectivity index (χ1n) is 11.1. The van der Waals surface area contributed by atoms with Crippen LogP contribution in [0.1, 0.15) is 46.1 Å². The summed E-state index contributed by atoms with van der Waals surface area (Å²) in [6.45, 7) is 3.65. The van der Waals surface area contributed by atoms with Crippen LogP contribution >= 0.6 is 11.3 Å². The van der Waals surface area contributed by atoms with E-state index in [0.717, 1.165) is 6.42 Å². The number of hydrogen-bond acceptors (Lipinski definition) is 7. The highest BCUT2D eigenvalue weighted by Gasteiger charge is 2.28. The molecule has 8 nitrogen and oxygen atoms in total. The minimum Gasteiger partial charge on any atom is -0.485 e. The lowest BCUT2D eigenvalue weighted by Gasteiger charge is -2.29. The topological polar surface area (TPSA) is 97.8 Å². The van der Waals surface area contributed by atoms with Gasteiger partial charge >= 0.3 is 0 Å². The zero-order chi connectivity index (χ0) is 24.9. The lowest BCUT2D eigenvalue weighted by molar-refractivity contribution is -0.121. The maximum atomic E-state index is 13.1. The number of fused-ring (bicyclic) bond motifs is 1. The highest BCUT2D eigenvalue weighted by Crippen LogP contribution is 2.34. The standard InChI is InChI=1S/C25H24FN3O5S/c1-3-15(2)27-25(32)19-14-35-23(28-19)11-29-20-10-16(4-9-22(20)34-13-24(29)31)21(30)12-33-18-7-5-17(26)6-8-18/h4-10,14-15H,3,11-13H2,1-2H3,(H,27,32)/t15-/m0/s1. The van der Waals surface area contributed by atoms with Gasteiger partial charge in [0.05, 0.1) is 12.2 Å². The molecule has 0 fully saturated rings. The molecule has 4 rings (SSSR count). The molecule has 1 aliphatic rings. The maximum Gasteiger partial charge on any atom is 0.270 e. The van der Waals surface area contributed by atoms with Gasteiger partial charge in [-0.25, -0.2) is 9.37 Å². The van der Waals surface area contributed by atoms with Crippen LogP contribution in [0.2, 0.25) is 0 Å². The van der Waals surface area contributed by atoms with Gasteiger partial charge in [-0.3, -0.25) is 19.3 Å². The summed E-state index contributed by atoms with van der Waals surface area (Å²) in [5, 5.41) is 5.11. The van der Waals surface area contributed by atoms with Crippen molar-refractivity contribution in [3.63, 3.8) is 0 Å². The van der Waals surface area contributed by atoms with Gasteiger partial charge in [-0.1, -0.05) is 6.92 Å². The Morgan fingerprint density at radius 3 is 2.77 bits per heavy atom. The number of amides is 2. The largest absolute Gasteiger partial charge is 0.485 e. The van der Waals surface area contributed by atoms with Crippen molar-refractivity contribution in [2.24, 2.45) is 0 Å². The molecule has 0 aliphatic carbocycles. The lowest BCUT2D eigenvalue weighted by Crippen LogP contribution is -2.38. The van der Waals surface area contributed by atoms with Crippen LogP contribution < -0.4 is 19.7 Å². The van der Waals surface area contributed by atoms with E-state index >= 15 is 0 Å². The van der Waals surface area contributed by atoms with E-state index in [-0.39, 0.29) is 43.4 Å². The van der Waals surface area contributed by atoms with Gasteiger partial charge in [-0.15, -0.1) is 11.3 Å².